The summed E-state index contributed by atoms with van der Waals surface area (Å²) in [5.74, 6) is 1.31. The number of ether oxygens (including phenoxy) is 1. The van der Waals surface area contributed by atoms with Crippen molar-refractivity contribution in [1.82, 2.24) is 15.1 Å². The number of likely N-dealkylation sites (tertiary alicyclic amines) is 1. The highest BCUT2D eigenvalue weighted by Crippen LogP contribution is 2.35. The van der Waals surface area contributed by atoms with E-state index < -0.39 is 0 Å². The summed E-state index contributed by atoms with van der Waals surface area (Å²) in [5.41, 5.74) is 2.02. The van der Waals surface area contributed by atoms with Crippen molar-refractivity contribution < 1.29 is 18.7 Å². The van der Waals surface area contributed by atoms with E-state index in [0.29, 0.717) is 56.7 Å². The predicted molar refractivity (Wildman–Crippen MR) is 128 cm³/mol. The monoisotopic (exact) mass is 461 g/mol. The minimum absolute atomic E-state index is 0.0968. The molecule has 0 spiro atoms. The molecular formula is C27H31N3O4. The first-order chi connectivity index (χ1) is 16.6. The Morgan fingerprint density at radius 1 is 1.03 bits per heavy atom. The maximum Gasteiger partial charge on any atom is 0.306 e. The third kappa shape index (κ3) is 6.10. The Hall–Kier alpha value is -3.48. The zero-order chi connectivity index (χ0) is 23.8. The number of aromatic nitrogens is 2. The number of carbonyl (C=O) groups is 2. The summed E-state index contributed by atoms with van der Waals surface area (Å²) in [6, 6.07) is 19.8. The molecule has 7 nitrogen and oxygen atoms in total. The van der Waals surface area contributed by atoms with E-state index in [0.717, 1.165) is 24.0 Å². The molecule has 1 saturated heterocycles. The van der Waals surface area contributed by atoms with Gasteiger partial charge in [-0.3, -0.25) is 9.59 Å². The topological polar surface area (TPSA) is 85.5 Å². The zero-order valence-corrected chi connectivity index (χ0v) is 19.6. The molecule has 7 heteroatoms. The van der Waals surface area contributed by atoms with E-state index in [1.165, 1.54) is 0 Å². The summed E-state index contributed by atoms with van der Waals surface area (Å²) in [7, 11) is 0. The van der Waals surface area contributed by atoms with E-state index >= 15 is 0 Å². The molecule has 3 aromatic rings. The number of rotatable bonds is 9. The Kier molecular flexibility index (Phi) is 8.07. The molecule has 2 heterocycles. The molecule has 0 saturated carbocycles. The molecule has 34 heavy (non-hydrogen) atoms. The van der Waals surface area contributed by atoms with E-state index in [1.54, 1.807) is 0 Å². The maximum absolute atomic E-state index is 12.8. The van der Waals surface area contributed by atoms with Gasteiger partial charge in [-0.25, -0.2) is 0 Å². The molecule has 1 atom stereocenters. The van der Waals surface area contributed by atoms with Gasteiger partial charge in [0.15, 0.2) is 0 Å². The third-order valence-electron chi connectivity index (χ3n) is 6.42. The molecular weight excluding hydrogens is 430 g/mol. The van der Waals surface area contributed by atoms with Crippen molar-refractivity contribution >= 4 is 11.9 Å². The van der Waals surface area contributed by atoms with E-state index in [1.807, 2.05) is 60.4 Å². The van der Waals surface area contributed by atoms with Crippen molar-refractivity contribution in [2.75, 3.05) is 19.7 Å². The second-order valence-corrected chi connectivity index (χ2v) is 8.61. The highest BCUT2D eigenvalue weighted by Gasteiger charge is 2.31. The molecule has 4 rings (SSSR count). The van der Waals surface area contributed by atoms with Crippen LogP contribution >= 0.6 is 0 Å². The number of piperidine rings is 1. The molecule has 0 N–H and O–H groups in total. The summed E-state index contributed by atoms with van der Waals surface area (Å²) in [6.45, 7) is 3.60. The van der Waals surface area contributed by atoms with Crippen molar-refractivity contribution in [2.45, 2.75) is 44.9 Å². The average Bonchev–Trinajstić information content (AvgIpc) is 3.36. The number of benzene rings is 2. The lowest BCUT2D eigenvalue weighted by atomic mass is 9.78. The number of hydrogen-bond acceptors (Lipinski definition) is 6. The van der Waals surface area contributed by atoms with E-state index in [-0.39, 0.29) is 17.8 Å². The standard InChI is InChI=1S/C27H31N3O4/c1-2-33-26(32)19-23(20-9-5-3-6-10-20)21-15-17-30(18-16-21)25(31)14-13-24-28-29-27(34-24)22-11-7-4-8-12-22/h3-12,21,23H,2,13-19H2,1H3. The van der Waals surface area contributed by atoms with Crippen LogP contribution in [0.2, 0.25) is 0 Å². The van der Waals surface area contributed by atoms with Gasteiger partial charge in [0.2, 0.25) is 17.7 Å². The van der Waals surface area contributed by atoms with Gasteiger partial charge in [-0.1, -0.05) is 48.5 Å². The number of aryl methyl sites for hydroxylation is 1. The normalized spacial score (nSPS) is 15.1. The van der Waals surface area contributed by atoms with Gasteiger partial charge in [0.25, 0.3) is 0 Å². The molecule has 0 aliphatic carbocycles. The van der Waals surface area contributed by atoms with E-state index in [9.17, 15) is 9.59 Å². The van der Waals surface area contributed by atoms with Crippen LogP contribution in [0.1, 0.15) is 50.0 Å². The molecule has 0 bridgehead atoms. The second kappa shape index (κ2) is 11.6. The van der Waals surface area contributed by atoms with Gasteiger partial charge in [0.05, 0.1) is 13.0 Å². The van der Waals surface area contributed by atoms with Gasteiger partial charge >= 0.3 is 5.97 Å². The first-order valence-corrected chi connectivity index (χ1v) is 12.0. The highest BCUT2D eigenvalue weighted by molar-refractivity contribution is 5.76. The van der Waals surface area contributed by atoms with Crippen LogP contribution in [0.3, 0.4) is 0 Å². The summed E-state index contributed by atoms with van der Waals surface area (Å²) in [5, 5.41) is 8.18. The minimum atomic E-state index is -0.163. The summed E-state index contributed by atoms with van der Waals surface area (Å²) in [6.07, 6.45) is 2.87. The van der Waals surface area contributed by atoms with Gasteiger partial charge in [0.1, 0.15) is 0 Å². The van der Waals surface area contributed by atoms with Gasteiger partial charge in [-0.05, 0) is 49.3 Å². The van der Waals surface area contributed by atoms with Crippen molar-refractivity contribution in [3.05, 3.63) is 72.1 Å². The summed E-state index contributed by atoms with van der Waals surface area (Å²) >= 11 is 0. The lowest BCUT2D eigenvalue weighted by Crippen LogP contribution is -2.40. The second-order valence-electron chi connectivity index (χ2n) is 8.61. The van der Waals surface area contributed by atoms with Gasteiger partial charge in [-0.2, -0.15) is 0 Å². The first-order valence-electron chi connectivity index (χ1n) is 12.0. The number of hydrogen-bond donors (Lipinski definition) is 0. The fraction of sp³-hybridized carbons (Fsp3) is 0.407. The largest absolute Gasteiger partial charge is 0.466 e. The lowest BCUT2D eigenvalue weighted by molar-refractivity contribution is -0.144. The van der Waals surface area contributed by atoms with E-state index in [2.05, 4.69) is 22.3 Å². The molecule has 1 fully saturated rings. The van der Waals surface area contributed by atoms with Crippen LogP contribution in [0, 0.1) is 5.92 Å². The minimum Gasteiger partial charge on any atom is -0.466 e. The number of carbonyl (C=O) groups excluding carboxylic acids is 2. The van der Waals surface area contributed by atoms with Crippen LogP contribution in [-0.4, -0.2) is 46.7 Å². The Bertz CT molecular complexity index is 1060. The molecule has 0 radical (unpaired) electrons. The summed E-state index contributed by atoms with van der Waals surface area (Å²) < 4.78 is 10.9. The van der Waals surface area contributed by atoms with Crippen LogP contribution in [0.5, 0.6) is 0 Å². The quantitative estimate of drug-likeness (QED) is 0.432. The fourth-order valence-corrected chi connectivity index (χ4v) is 4.63. The van der Waals surface area contributed by atoms with Crippen LogP contribution in [0.25, 0.3) is 11.5 Å². The maximum atomic E-state index is 12.8. The molecule has 1 amide bonds. The molecule has 2 aromatic carbocycles. The Morgan fingerprint density at radius 2 is 1.71 bits per heavy atom. The Morgan fingerprint density at radius 3 is 2.38 bits per heavy atom. The number of nitrogens with zero attached hydrogens (tertiary/aromatic N) is 3. The smallest absolute Gasteiger partial charge is 0.306 e. The summed E-state index contributed by atoms with van der Waals surface area (Å²) in [4.78, 5) is 27.0. The van der Waals surface area contributed by atoms with Gasteiger partial charge < -0.3 is 14.1 Å². The van der Waals surface area contributed by atoms with Crippen LogP contribution in [-0.2, 0) is 20.7 Å². The van der Waals surface area contributed by atoms with Crippen molar-refractivity contribution in [1.29, 1.82) is 0 Å². The van der Waals surface area contributed by atoms with E-state index in [4.69, 9.17) is 9.15 Å². The fourth-order valence-electron chi connectivity index (χ4n) is 4.63. The van der Waals surface area contributed by atoms with Gasteiger partial charge in [-0.15, -0.1) is 10.2 Å². The van der Waals surface area contributed by atoms with Crippen molar-refractivity contribution in [2.24, 2.45) is 5.92 Å². The van der Waals surface area contributed by atoms with Crippen molar-refractivity contribution in [3.8, 4) is 11.5 Å². The lowest BCUT2D eigenvalue weighted by Gasteiger charge is -2.36. The molecule has 1 aliphatic heterocycles. The third-order valence-corrected chi connectivity index (χ3v) is 6.42. The Balaban J connectivity index is 1.30. The zero-order valence-electron chi connectivity index (χ0n) is 19.6. The molecule has 178 valence electrons. The predicted octanol–water partition coefficient (Wildman–Crippen LogP) is 4.64. The first kappa shape index (κ1) is 23.7. The Labute approximate surface area is 200 Å². The van der Waals surface area contributed by atoms with Gasteiger partial charge in [0, 0.05) is 31.5 Å². The molecule has 1 aromatic heterocycles. The SMILES string of the molecule is CCOC(=O)CC(c1ccccc1)C1CCN(C(=O)CCc2nnc(-c3ccccc3)o2)CC1. The van der Waals surface area contributed by atoms with Crippen LogP contribution in [0.15, 0.2) is 65.1 Å². The van der Waals surface area contributed by atoms with Crippen LogP contribution < -0.4 is 0 Å². The molecule has 1 aliphatic rings. The highest BCUT2D eigenvalue weighted by atomic mass is 16.5. The molecule has 1 unspecified atom stereocenters. The number of esters is 1. The van der Waals surface area contributed by atoms with Crippen molar-refractivity contribution in [3.63, 3.8) is 0 Å². The number of amides is 1. The van der Waals surface area contributed by atoms with Crippen LogP contribution in [0.4, 0.5) is 0 Å². The average molecular weight is 462 g/mol.